The van der Waals surface area contributed by atoms with Crippen molar-refractivity contribution in [1.82, 2.24) is 9.21 Å². The second kappa shape index (κ2) is 11.2. The predicted molar refractivity (Wildman–Crippen MR) is 132 cm³/mol. The smallest absolute Gasteiger partial charge is 0.243 e. The van der Waals surface area contributed by atoms with Crippen LogP contribution in [0.4, 0.5) is 10.1 Å². The fourth-order valence-corrected chi connectivity index (χ4v) is 6.39. The summed E-state index contributed by atoms with van der Waals surface area (Å²) in [6.45, 7) is 2.89. The molecule has 0 atom stereocenters. The zero-order valence-electron chi connectivity index (χ0n) is 19.2. The van der Waals surface area contributed by atoms with E-state index in [1.807, 2.05) is 0 Å². The highest BCUT2D eigenvalue weighted by Crippen LogP contribution is 2.26. The second-order valence-electron chi connectivity index (χ2n) is 9.08. The van der Waals surface area contributed by atoms with Crippen molar-refractivity contribution in [3.63, 3.8) is 0 Å². The van der Waals surface area contributed by atoms with Gasteiger partial charge in [0.25, 0.3) is 0 Å². The number of amides is 1. The van der Waals surface area contributed by atoms with Gasteiger partial charge in [0.05, 0.1) is 4.90 Å². The lowest BCUT2D eigenvalue weighted by Crippen LogP contribution is -2.38. The Labute approximate surface area is 206 Å². The first-order valence-corrected chi connectivity index (χ1v) is 13.7. The molecule has 0 bridgehead atoms. The number of anilines is 1. The van der Waals surface area contributed by atoms with Crippen LogP contribution in [0, 0.1) is 11.7 Å². The lowest BCUT2D eigenvalue weighted by atomic mass is 9.95. The molecule has 1 amide bonds. The van der Waals surface area contributed by atoms with Gasteiger partial charge in [0.1, 0.15) is 5.82 Å². The number of halogens is 2. The molecule has 0 unspecified atom stereocenters. The Hall–Kier alpha value is -2.00. The van der Waals surface area contributed by atoms with Crippen LogP contribution in [-0.4, -0.2) is 49.7 Å². The van der Waals surface area contributed by atoms with Crippen LogP contribution in [0.3, 0.4) is 0 Å². The van der Waals surface area contributed by atoms with Crippen molar-refractivity contribution in [1.29, 1.82) is 0 Å². The van der Waals surface area contributed by atoms with Gasteiger partial charge in [-0.2, -0.15) is 4.31 Å². The van der Waals surface area contributed by atoms with Gasteiger partial charge in [0.15, 0.2) is 0 Å². The molecule has 9 heteroatoms. The molecule has 34 heavy (non-hydrogen) atoms. The lowest BCUT2D eigenvalue weighted by molar-refractivity contribution is -0.121. The Kier molecular flexibility index (Phi) is 8.24. The van der Waals surface area contributed by atoms with Gasteiger partial charge in [0.2, 0.25) is 15.9 Å². The number of carbonyl (C=O) groups excluding carboxylic acids is 1. The molecule has 2 aliphatic rings. The van der Waals surface area contributed by atoms with Crippen molar-refractivity contribution in [3.05, 3.63) is 58.9 Å². The van der Waals surface area contributed by atoms with Gasteiger partial charge in [-0.15, -0.1) is 0 Å². The number of nitrogens with zero attached hydrogens (tertiary/aromatic N) is 2. The minimum absolute atomic E-state index is 0.0771. The Morgan fingerprint density at radius 2 is 1.62 bits per heavy atom. The fraction of sp³-hybridized carbons (Fsp3) is 0.480. The zero-order valence-corrected chi connectivity index (χ0v) is 20.8. The summed E-state index contributed by atoms with van der Waals surface area (Å²) in [5.74, 6) is -0.534. The molecular formula is C25H31ClFN3O3S. The molecule has 2 aromatic carbocycles. The van der Waals surface area contributed by atoms with Gasteiger partial charge >= 0.3 is 0 Å². The van der Waals surface area contributed by atoms with Crippen LogP contribution in [0.5, 0.6) is 0 Å². The molecule has 0 spiro atoms. The van der Waals surface area contributed by atoms with E-state index in [9.17, 15) is 17.6 Å². The average Bonchev–Trinajstić information content (AvgIpc) is 3.13. The monoisotopic (exact) mass is 507 g/mol. The molecule has 2 saturated heterocycles. The molecule has 0 saturated carbocycles. The van der Waals surface area contributed by atoms with Crippen molar-refractivity contribution in [2.45, 2.75) is 50.0 Å². The Morgan fingerprint density at radius 1 is 0.971 bits per heavy atom. The molecule has 1 N–H and O–H groups in total. The van der Waals surface area contributed by atoms with E-state index in [0.29, 0.717) is 61.8 Å². The summed E-state index contributed by atoms with van der Waals surface area (Å²) in [7, 11) is -3.51. The maximum Gasteiger partial charge on any atom is 0.243 e. The highest BCUT2D eigenvalue weighted by molar-refractivity contribution is 7.89. The zero-order chi connectivity index (χ0) is 24.1. The summed E-state index contributed by atoms with van der Waals surface area (Å²) < 4.78 is 41.5. The van der Waals surface area contributed by atoms with E-state index in [1.165, 1.54) is 6.07 Å². The lowest BCUT2D eigenvalue weighted by Gasteiger charge is -2.31. The van der Waals surface area contributed by atoms with Crippen molar-refractivity contribution < 1.29 is 17.6 Å². The van der Waals surface area contributed by atoms with Gasteiger partial charge in [-0.05, 0) is 75.2 Å². The number of piperidine rings is 1. The van der Waals surface area contributed by atoms with Gasteiger partial charge in [-0.1, -0.05) is 30.5 Å². The standard InChI is InChI=1S/C25H31ClFN3O3S/c26-23-6-5-7-24(27)22(23)18-29-16-12-19(13-17-29)25(31)28-20-8-10-21(11-9-20)34(32,33)30-14-3-1-2-4-15-30/h5-11,19H,1-4,12-18H2,(H,28,31). The van der Waals surface area contributed by atoms with Crippen LogP contribution < -0.4 is 5.32 Å². The molecule has 2 aliphatic heterocycles. The number of nitrogens with one attached hydrogen (secondary N) is 1. The Balaban J connectivity index is 1.30. The summed E-state index contributed by atoms with van der Waals surface area (Å²) in [6, 6.07) is 11.1. The van der Waals surface area contributed by atoms with Crippen LogP contribution in [0.1, 0.15) is 44.1 Å². The third kappa shape index (κ3) is 5.97. The van der Waals surface area contributed by atoms with E-state index in [4.69, 9.17) is 11.6 Å². The quantitative estimate of drug-likeness (QED) is 0.604. The van der Waals surface area contributed by atoms with Crippen molar-refractivity contribution >= 4 is 33.2 Å². The van der Waals surface area contributed by atoms with E-state index in [1.54, 1.807) is 40.7 Å². The number of benzene rings is 2. The van der Waals surface area contributed by atoms with Crippen LogP contribution >= 0.6 is 11.6 Å². The first-order valence-electron chi connectivity index (χ1n) is 11.9. The van der Waals surface area contributed by atoms with Crippen LogP contribution in [-0.2, 0) is 21.4 Å². The van der Waals surface area contributed by atoms with Crippen molar-refractivity contribution in [2.24, 2.45) is 5.92 Å². The highest BCUT2D eigenvalue weighted by Gasteiger charge is 2.27. The van der Waals surface area contributed by atoms with E-state index < -0.39 is 10.0 Å². The first kappa shape index (κ1) is 25.1. The summed E-state index contributed by atoms with van der Waals surface area (Å²) in [5, 5.41) is 3.33. The number of carbonyl (C=O) groups is 1. The molecule has 6 nitrogen and oxygen atoms in total. The van der Waals surface area contributed by atoms with Crippen LogP contribution in [0.25, 0.3) is 0 Å². The van der Waals surface area contributed by atoms with E-state index in [0.717, 1.165) is 25.7 Å². The predicted octanol–water partition coefficient (Wildman–Crippen LogP) is 4.89. The molecule has 0 aromatic heterocycles. The minimum Gasteiger partial charge on any atom is -0.326 e. The summed E-state index contributed by atoms with van der Waals surface area (Å²) in [6.07, 6.45) is 5.23. The first-order chi connectivity index (χ1) is 16.3. The van der Waals surface area contributed by atoms with Crippen LogP contribution in [0.2, 0.25) is 5.02 Å². The minimum atomic E-state index is -3.51. The van der Waals surface area contributed by atoms with Crippen LogP contribution in [0.15, 0.2) is 47.4 Å². The molecule has 2 aromatic rings. The van der Waals surface area contributed by atoms with E-state index >= 15 is 0 Å². The second-order valence-corrected chi connectivity index (χ2v) is 11.4. The fourth-order valence-electron chi connectivity index (χ4n) is 4.65. The van der Waals surface area contributed by atoms with Crippen molar-refractivity contribution in [2.75, 3.05) is 31.5 Å². The molecule has 4 rings (SSSR count). The van der Waals surface area contributed by atoms with E-state index in [2.05, 4.69) is 10.2 Å². The van der Waals surface area contributed by atoms with Gasteiger partial charge in [-0.3, -0.25) is 9.69 Å². The highest BCUT2D eigenvalue weighted by atomic mass is 35.5. The summed E-state index contributed by atoms with van der Waals surface area (Å²) in [5.41, 5.74) is 1.07. The Morgan fingerprint density at radius 3 is 2.24 bits per heavy atom. The molecule has 0 aliphatic carbocycles. The average molecular weight is 508 g/mol. The summed E-state index contributed by atoms with van der Waals surface area (Å²) in [4.78, 5) is 15.1. The molecule has 0 radical (unpaired) electrons. The molecule has 184 valence electrons. The number of hydrogen-bond acceptors (Lipinski definition) is 4. The number of likely N-dealkylation sites (tertiary alicyclic amines) is 1. The Bertz CT molecular complexity index is 1070. The maximum absolute atomic E-state index is 14.1. The molecular weight excluding hydrogens is 477 g/mol. The number of sulfonamides is 1. The summed E-state index contributed by atoms with van der Waals surface area (Å²) >= 11 is 6.14. The van der Waals surface area contributed by atoms with Crippen molar-refractivity contribution in [3.8, 4) is 0 Å². The van der Waals surface area contributed by atoms with Gasteiger partial charge in [0, 0.05) is 41.8 Å². The molecule has 2 fully saturated rings. The third-order valence-electron chi connectivity index (χ3n) is 6.73. The normalized spacial score (nSPS) is 19.0. The largest absolute Gasteiger partial charge is 0.326 e. The SMILES string of the molecule is O=C(Nc1ccc(S(=O)(=O)N2CCCCCC2)cc1)C1CCN(Cc2c(F)cccc2Cl)CC1. The maximum atomic E-state index is 14.1. The third-order valence-corrected chi connectivity index (χ3v) is 8.99. The van der Waals surface area contributed by atoms with E-state index in [-0.39, 0.29) is 22.5 Å². The van der Waals surface area contributed by atoms with Gasteiger partial charge in [-0.25, -0.2) is 12.8 Å². The number of hydrogen-bond donors (Lipinski definition) is 1. The molecule has 2 heterocycles. The topological polar surface area (TPSA) is 69.7 Å². The van der Waals surface area contributed by atoms with Gasteiger partial charge < -0.3 is 5.32 Å². The number of rotatable bonds is 6.